The van der Waals surface area contributed by atoms with Gasteiger partial charge in [0.05, 0.1) is 5.56 Å². The Kier molecular flexibility index (Phi) is 3.97. The molecule has 0 atom stereocenters. The van der Waals surface area contributed by atoms with Gasteiger partial charge in [-0.15, -0.1) is 0 Å². The first-order chi connectivity index (χ1) is 8.33. The summed E-state index contributed by atoms with van der Waals surface area (Å²) in [7, 11) is 0. The fraction of sp³-hybridized carbons (Fsp3) is 0.400. The quantitative estimate of drug-likeness (QED) is 0.562. The fourth-order valence-corrected chi connectivity index (χ4v) is 1.98. The summed E-state index contributed by atoms with van der Waals surface area (Å²) in [6.45, 7) is 2.19. The Bertz CT molecular complexity index is 432. The van der Waals surface area contributed by atoms with E-state index in [9.17, 15) is 4.79 Å². The molecular formula is C15H18O2. The van der Waals surface area contributed by atoms with E-state index >= 15 is 0 Å². The molecule has 0 bridgehead atoms. The number of rotatable bonds is 5. The number of carbonyl (C=O) groups excluding carboxylic acids is 1. The highest BCUT2D eigenvalue weighted by Gasteiger charge is 2.25. The van der Waals surface area contributed by atoms with E-state index in [4.69, 9.17) is 4.74 Å². The van der Waals surface area contributed by atoms with Gasteiger partial charge < -0.3 is 4.74 Å². The molecule has 0 aromatic heterocycles. The average Bonchev–Trinajstić information content (AvgIpc) is 2.67. The standard InChI is InChI=1S/C15H18O2/c1-2-3-4-5-6-11-14-15(16)12-9-7-8-10-13(12)17-14/h7-11H,2-6H2,1H3/b14-11-. The molecule has 0 radical (unpaired) electrons. The molecule has 0 saturated heterocycles. The van der Waals surface area contributed by atoms with Crippen LogP contribution in [-0.4, -0.2) is 5.78 Å². The molecule has 0 saturated carbocycles. The zero-order valence-corrected chi connectivity index (χ0v) is 10.2. The Balaban J connectivity index is 1.93. The van der Waals surface area contributed by atoms with Crippen molar-refractivity contribution in [3.05, 3.63) is 41.7 Å². The highest BCUT2D eigenvalue weighted by Crippen LogP contribution is 2.30. The minimum Gasteiger partial charge on any atom is -0.453 e. The third-order valence-electron chi connectivity index (χ3n) is 2.96. The third kappa shape index (κ3) is 2.76. The third-order valence-corrected chi connectivity index (χ3v) is 2.96. The molecule has 0 unspecified atom stereocenters. The summed E-state index contributed by atoms with van der Waals surface area (Å²) in [4.78, 5) is 11.9. The van der Waals surface area contributed by atoms with Crippen molar-refractivity contribution in [3.8, 4) is 5.75 Å². The van der Waals surface area contributed by atoms with E-state index in [0.717, 1.165) is 12.8 Å². The van der Waals surface area contributed by atoms with E-state index in [2.05, 4.69) is 6.92 Å². The van der Waals surface area contributed by atoms with Gasteiger partial charge in [-0.05, 0) is 31.1 Å². The van der Waals surface area contributed by atoms with Crippen molar-refractivity contribution in [1.82, 2.24) is 0 Å². The van der Waals surface area contributed by atoms with Crippen LogP contribution in [0.25, 0.3) is 0 Å². The summed E-state index contributed by atoms with van der Waals surface area (Å²) in [5, 5.41) is 0. The van der Waals surface area contributed by atoms with E-state index in [1.807, 2.05) is 30.3 Å². The highest BCUT2D eigenvalue weighted by molar-refractivity contribution is 6.12. The molecule has 0 N–H and O–H groups in total. The SMILES string of the molecule is CCCCCC/C=C1\Oc2ccccc2C1=O. The monoisotopic (exact) mass is 230 g/mol. The van der Waals surface area contributed by atoms with Crippen molar-refractivity contribution in [3.63, 3.8) is 0 Å². The predicted octanol–water partition coefficient (Wildman–Crippen LogP) is 4.12. The van der Waals surface area contributed by atoms with Crippen LogP contribution in [0.4, 0.5) is 0 Å². The Morgan fingerprint density at radius 2 is 2.00 bits per heavy atom. The van der Waals surface area contributed by atoms with Gasteiger partial charge in [0.25, 0.3) is 0 Å². The topological polar surface area (TPSA) is 26.3 Å². The van der Waals surface area contributed by atoms with Gasteiger partial charge in [-0.25, -0.2) is 0 Å². The van der Waals surface area contributed by atoms with E-state index < -0.39 is 0 Å². The van der Waals surface area contributed by atoms with Crippen LogP contribution in [0.2, 0.25) is 0 Å². The number of Topliss-reactive ketones (excluding diaryl/α,β-unsaturated/α-hetero) is 1. The molecule has 1 aliphatic rings. The lowest BCUT2D eigenvalue weighted by atomic mass is 10.1. The second kappa shape index (κ2) is 5.67. The summed E-state index contributed by atoms with van der Waals surface area (Å²) < 4.78 is 5.54. The normalized spacial score (nSPS) is 16.1. The van der Waals surface area contributed by atoms with Gasteiger partial charge in [0.1, 0.15) is 5.75 Å². The molecule has 1 heterocycles. The number of carbonyl (C=O) groups is 1. The van der Waals surface area contributed by atoms with Crippen LogP contribution in [-0.2, 0) is 0 Å². The Morgan fingerprint density at radius 1 is 1.18 bits per heavy atom. The van der Waals surface area contributed by atoms with Crippen LogP contribution in [0.1, 0.15) is 49.4 Å². The van der Waals surface area contributed by atoms with Gasteiger partial charge in [-0.2, -0.15) is 0 Å². The second-order valence-corrected chi connectivity index (χ2v) is 4.35. The van der Waals surface area contributed by atoms with E-state index in [1.54, 1.807) is 0 Å². The molecule has 0 amide bonds. The van der Waals surface area contributed by atoms with Crippen molar-refractivity contribution < 1.29 is 9.53 Å². The number of allylic oxidation sites excluding steroid dienone is 2. The molecule has 2 heteroatoms. The number of hydrogen-bond donors (Lipinski definition) is 0. The summed E-state index contributed by atoms with van der Waals surface area (Å²) in [6.07, 6.45) is 7.70. The van der Waals surface area contributed by atoms with E-state index in [0.29, 0.717) is 17.1 Å². The van der Waals surface area contributed by atoms with Crippen LogP contribution >= 0.6 is 0 Å². The Morgan fingerprint density at radius 3 is 2.76 bits per heavy atom. The molecule has 2 nitrogen and oxygen atoms in total. The summed E-state index contributed by atoms with van der Waals surface area (Å²) in [5.41, 5.74) is 0.687. The van der Waals surface area contributed by atoms with Gasteiger partial charge >= 0.3 is 0 Å². The molecule has 0 spiro atoms. The number of ketones is 1. The van der Waals surface area contributed by atoms with Crippen LogP contribution < -0.4 is 4.74 Å². The molecule has 1 aromatic carbocycles. The van der Waals surface area contributed by atoms with Crippen LogP contribution in [0.3, 0.4) is 0 Å². The van der Waals surface area contributed by atoms with Gasteiger partial charge in [0.15, 0.2) is 5.76 Å². The minimum absolute atomic E-state index is 0.0242. The molecule has 90 valence electrons. The largest absolute Gasteiger partial charge is 0.453 e. The Labute approximate surface area is 102 Å². The number of unbranched alkanes of at least 4 members (excludes halogenated alkanes) is 4. The van der Waals surface area contributed by atoms with Gasteiger partial charge in [0, 0.05) is 0 Å². The smallest absolute Gasteiger partial charge is 0.231 e. The first-order valence-corrected chi connectivity index (χ1v) is 6.34. The molecule has 0 aliphatic carbocycles. The molecular weight excluding hydrogens is 212 g/mol. The molecule has 17 heavy (non-hydrogen) atoms. The number of para-hydroxylation sites is 1. The second-order valence-electron chi connectivity index (χ2n) is 4.35. The van der Waals surface area contributed by atoms with E-state index in [-0.39, 0.29) is 5.78 Å². The number of hydrogen-bond acceptors (Lipinski definition) is 2. The van der Waals surface area contributed by atoms with Crippen molar-refractivity contribution in [2.75, 3.05) is 0 Å². The maximum Gasteiger partial charge on any atom is 0.231 e. The van der Waals surface area contributed by atoms with Gasteiger partial charge in [-0.3, -0.25) is 4.79 Å². The summed E-state index contributed by atoms with van der Waals surface area (Å²) in [5.74, 6) is 1.22. The predicted molar refractivity (Wildman–Crippen MR) is 68.2 cm³/mol. The lowest BCUT2D eigenvalue weighted by molar-refractivity contribution is 0.101. The molecule has 2 rings (SSSR count). The van der Waals surface area contributed by atoms with Gasteiger partial charge in [-0.1, -0.05) is 38.3 Å². The maximum atomic E-state index is 11.9. The highest BCUT2D eigenvalue weighted by atomic mass is 16.5. The molecule has 1 aliphatic heterocycles. The number of ether oxygens (including phenoxy) is 1. The lowest BCUT2D eigenvalue weighted by Gasteiger charge is -1.98. The van der Waals surface area contributed by atoms with Crippen molar-refractivity contribution in [1.29, 1.82) is 0 Å². The van der Waals surface area contributed by atoms with Crippen molar-refractivity contribution >= 4 is 5.78 Å². The van der Waals surface area contributed by atoms with Gasteiger partial charge in [0.2, 0.25) is 5.78 Å². The molecule has 0 fully saturated rings. The summed E-state index contributed by atoms with van der Waals surface area (Å²) >= 11 is 0. The first-order valence-electron chi connectivity index (χ1n) is 6.34. The summed E-state index contributed by atoms with van der Waals surface area (Å²) in [6, 6.07) is 7.40. The van der Waals surface area contributed by atoms with Crippen molar-refractivity contribution in [2.24, 2.45) is 0 Å². The number of fused-ring (bicyclic) bond motifs is 1. The fourth-order valence-electron chi connectivity index (χ4n) is 1.98. The van der Waals surface area contributed by atoms with E-state index in [1.165, 1.54) is 19.3 Å². The van der Waals surface area contributed by atoms with Crippen LogP contribution in [0.5, 0.6) is 5.75 Å². The average molecular weight is 230 g/mol. The first kappa shape index (κ1) is 11.9. The lowest BCUT2D eigenvalue weighted by Crippen LogP contribution is -1.98. The zero-order chi connectivity index (χ0) is 12.1. The molecule has 1 aromatic rings. The minimum atomic E-state index is 0.0242. The van der Waals surface area contributed by atoms with Crippen LogP contribution in [0, 0.1) is 0 Å². The van der Waals surface area contributed by atoms with Crippen LogP contribution in [0.15, 0.2) is 36.1 Å². The number of benzene rings is 1. The van der Waals surface area contributed by atoms with Crippen molar-refractivity contribution in [2.45, 2.75) is 39.0 Å². The Hall–Kier alpha value is -1.57. The maximum absolute atomic E-state index is 11.9. The zero-order valence-electron chi connectivity index (χ0n) is 10.2.